The lowest BCUT2D eigenvalue weighted by Crippen LogP contribution is -2.33. The molecule has 1 rings (SSSR count). The van der Waals surface area contributed by atoms with Gasteiger partial charge < -0.3 is 20.4 Å². The Morgan fingerprint density at radius 2 is 1.16 bits per heavy atom. The average molecular weight is 271 g/mol. The largest absolute Gasteiger partial charge is 0.478 e. The first kappa shape index (κ1) is 17.0. The van der Waals surface area contributed by atoms with Crippen molar-refractivity contribution < 1.29 is 30.0 Å². The molecule has 0 saturated heterocycles. The molecule has 2 atom stereocenters. The van der Waals surface area contributed by atoms with Gasteiger partial charge in [-0.3, -0.25) is 5.32 Å². The van der Waals surface area contributed by atoms with Gasteiger partial charge in [-0.05, 0) is 38.1 Å². The first-order valence-corrected chi connectivity index (χ1v) is 5.43. The maximum Gasteiger partial charge on any atom is 0.335 e. The van der Waals surface area contributed by atoms with Crippen LogP contribution in [0.5, 0.6) is 0 Å². The molecule has 0 amide bonds. The van der Waals surface area contributed by atoms with E-state index in [4.69, 9.17) is 20.4 Å². The second-order valence-electron chi connectivity index (χ2n) is 3.71. The van der Waals surface area contributed by atoms with E-state index in [0.717, 1.165) is 0 Å². The van der Waals surface area contributed by atoms with Crippen molar-refractivity contribution in [3.63, 3.8) is 0 Å². The van der Waals surface area contributed by atoms with Crippen molar-refractivity contribution in [2.75, 3.05) is 0 Å². The summed E-state index contributed by atoms with van der Waals surface area (Å²) in [5.41, 5.74) is 0.167. The van der Waals surface area contributed by atoms with Gasteiger partial charge in [0.15, 0.2) is 0 Å². The minimum atomic E-state index is -1.06. The molecule has 0 spiro atoms. The Morgan fingerprint density at radius 1 is 0.895 bits per heavy atom. The SMILES string of the molecule is CC(O)NC(C)O.O=C(O)c1ccc(C(=O)O)cc1. The Bertz CT molecular complexity index is 374. The van der Waals surface area contributed by atoms with Gasteiger partial charge in [0.2, 0.25) is 0 Å². The lowest BCUT2D eigenvalue weighted by molar-refractivity contribution is 0.0630. The molecule has 19 heavy (non-hydrogen) atoms. The highest BCUT2D eigenvalue weighted by Gasteiger charge is 2.04. The van der Waals surface area contributed by atoms with Gasteiger partial charge >= 0.3 is 11.9 Å². The number of carboxylic acids is 2. The van der Waals surface area contributed by atoms with E-state index in [1.54, 1.807) is 13.8 Å². The quantitative estimate of drug-likeness (QED) is 0.499. The van der Waals surface area contributed by atoms with E-state index >= 15 is 0 Å². The fraction of sp³-hybridized carbons (Fsp3) is 0.333. The molecule has 1 aromatic carbocycles. The van der Waals surface area contributed by atoms with Gasteiger partial charge in [0, 0.05) is 0 Å². The molecular formula is C12H17NO6. The highest BCUT2D eigenvalue weighted by atomic mass is 16.4. The van der Waals surface area contributed by atoms with Crippen LogP contribution in [0.1, 0.15) is 34.6 Å². The van der Waals surface area contributed by atoms with Crippen LogP contribution in [-0.4, -0.2) is 44.8 Å². The molecule has 0 aliphatic heterocycles. The van der Waals surface area contributed by atoms with Gasteiger partial charge in [-0.25, -0.2) is 9.59 Å². The van der Waals surface area contributed by atoms with Gasteiger partial charge in [0.1, 0.15) is 12.5 Å². The molecule has 0 aromatic heterocycles. The summed E-state index contributed by atoms with van der Waals surface area (Å²) < 4.78 is 0. The fourth-order valence-electron chi connectivity index (χ4n) is 1.10. The van der Waals surface area contributed by atoms with Crippen LogP contribution in [0, 0.1) is 0 Å². The van der Waals surface area contributed by atoms with E-state index in [1.165, 1.54) is 24.3 Å². The van der Waals surface area contributed by atoms with Crippen molar-refractivity contribution in [1.82, 2.24) is 5.32 Å². The molecule has 2 unspecified atom stereocenters. The van der Waals surface area contributed by atoms with Gasteiger partial charge in [-0.1, -0.05) is 0 Å². The highest BCUT2D eigenvalue weighted by molar-refractivity contribution is 5.91. The monoisotopic (exact) mass is 271 g/mol. The minimum Gasteiger partial charge on any atom is -0.478 e. The number of carbonyl (C=O) groups is 2. The topological polar surface area (TPSA) is 127 Å². The molecular weight excluding hydrogens is 254 g/mol. The van der Waals surface area contributed by atoms with Crippen LogP contribution in [0.4, 0.5) is 0 Å². The molecule has 0 aliphatic rings. The molecule has 0 fully saturated rings. The maximum atomic E-state index is 10.3. The van der Waals surface area contributed by atoms with E-state index in [-0.39, 0.29) is 11.1 Å². The third-order valence-corrected chi connectivity index (χ3v) is 1.86. The fourth-order valence-corrected chi connectivity index (χ4v) is 1.10. The Balaban J connectivity index is 0.000000399. The van der Waals surface area contributed by atoms with Crippen molar-refractivity contribution in [3.8, 4) is 0 Å². The summed E-state index contributed by atoms with van der Waals surface area (Å²) in [5.74, 6) is -2.13. The van der Waals surface area contributed by atoms with Crippen LogP contribution >= 0.6 is 0 Å². The van der Waals surface area contributed by atoms with Crippen molar-refractivity contribution in [1.29, 1.82) is 0 Å². The normalized spacial score (nSPS) is 12.8. The van der Waals surface area contributed by atoms with E-state index < -0.39 is 24.4 Å². The molecule has 0 heterocycles. The Morgan fingerprint density at radius 3 is 1.26 bits per heavy atom. The standard InChI is InChI=1S/C8H6O4.C4H11NO2/c9-7(10)5-1-2-6(4-3-5)8(11)12;1-3(6)5-4(2)7/h1-4H,(H,9,10)(H,11,12);3-7H,1-2H3. The van der Waals surface area contributed by atoms with Crippen LogP contribution in [0.3, 0.4) is 0 Å². The molecule has 0 aliphatic carbocycles. The molecule has 0 bridgehead atoms. The Kier molecular flexibility index (Phi) is 7.35. The zero-order valence-electron chi connectivity index (χ0n) is 10.6. The lowest BCUT2D eigenvalue weighted by Gasteiger charge is -2.08. The van der Waals surface area contributed by atoms with Gasteiger partial charge in [0.05, 0.1) is 11.1 Å². The summed E-state index contributed by atoms with van der Waals surface area (Å²) >= 11 is 0. The van der Waals surface area contributed by atoms with Crippen molar-refractivity contribution in [3.05, 3.63) is 35.4 Å². The van der Waals surface area contributed by atoms with Gasteiger partial charge in [0.25, 0.3) is 0 Å². The summed E-state index contributed by atoms with van der Waals surface area (Å²) in [6.45, 7) is 3.10. The van der Waals surface area contributed by atoms with Gasteiger partial charge in [-0.15, -0.1) is 0 Å². The van der Waals surface area contributed by atoms with Gasteiger partial charge in [-0.2, -0.15) is 0 Å². The summed E-state index contributed by atoms with van der Waals surface area (Å²) in [6, 6.07) is 5.02. The summed E-state index contributed by atoms with van der Waals surface area (Å²) in [6.07, 6.45) is -1.25. The molecule has 0 saturated carbocycles. The summed E-state index contributed by atoms with van der Waals surface area (Å²) in [5, 5.41) is 36.3. The molecule has 5 N–H and O–H groups in total. The molecule has 7 nitrogen and oxygen atoms in total. The lowest BCUT2D eigenvalue weighted by atomic mass is 10.1. The van der Waals surface area contributed by atoms with E-state index in [0.29, 0.717) is 0 Å². The number of benzene rings is 1. The number of hydrogen-bond acceptors (Lipinski definition) is 5. The van der Waals surface area contributed by atoms with Crippen LogP contribution in [-0.2, 0) is 0 Å². The Hall–Kier alpha value is -1.96. The number of aliphatic hydroxyl groups is 2. The minimum absolute atomic E-state index is 0.0833. The highest BCUT2D eigenvalue weighted by Crippen LogP contribution is 2.03. The number of hydrogen-bond donors (Lipinski definition) is 5. The molecule has 1 aromatic rings. The first-order chi connectivity index (χ1) is 8.73. The zero-order chi connectivity index (χ0) is 15.0. The third-order valence-electron chi connectivity index (χ3n) is 1.86. The number of rotatable bonds is 4. The predicted molar refractivity (Wildman–Crippen MR) is 66.9 cm³/mol. The second-order valence-corrected chi connectivity index (χ2v) is 3.71. The van der Waals surface area contributed by atoms with Crippen LogP contribution < -0.4 is 5.32 Å². The van der Waals surface area contributed by atoms with E-state index in [9.17, 15) is 9.59 Å². The average Bonchev–Trinajstić information content (AvgIpc) is 2.28. The molecule has 106 valence electrons. The number of aliphatic hydroxyl groups excluding tert-OH is 2. The Labute approximate surface area is 110 Å². The van der Waals surface area contributed by atoms with Crippen molar-refractivity contribution >= 4 is 11.9 Å². The summed E-state index contributed by atoms with van der Waals surface area (Å²) in [7, 11) is 0. The van der Waals surface area contributed by atoms with E-state index in [2.05, 4.69) is 5.32 Å². The predicted octanol–water partition coefficient (Wildman–Crippen LogP) is 0.336. The zero-order valence-corrected chi connectivity index (χ0v) is 10.6. The first-order valence-electron chi connectivity index (χ1n) is 5.43. The number of carboxylic acid groups (broad SMARTS) is 2. The molecule has 0 radical (unpaired) electrons. The van der Waals surface area contributed by atoms with Crippen molar-refractivity contribution in [2.24, 2.45) is 0 Å². The summed E-state index contributed by atoms with van der Waals surface area (Å²) in [4.78, 5) is 20.7. The van der Waals surface area contributed by atoms with E-state index in [1.807, 2.05) is 0 Å². The molecule has 7 heteroatoms. The maximum absolute atomic E-state index is 10.3. The number of aromatic carboxylic acids is 2. The smallest absolute Gasteiger partial charge is 0.335 e. The van der Waals surface area contributed by atoms with Crippen LogP contribution in [0.25, 0.3) is 0 Å². The van der Waals surface area contributed by atoms with Crippen molar-refractivity contribution in [2.45, 2.75) is 26.3 Å². The second kappa shape index (κ2) is 8.20. The third kappa shape index (κ3) is 7.87. The van der Waals surface area contributed by atoms with Crippen LogP contribution in [0.2, 0.25) is 0 Å². The van der Waals surface area contributed by atoms with Crippen LogP contribution in [0.15, 0.2) is 24.3 Å². The number of nitrogens with one attached hydrogen (secondary N) is 1.